The van der Waals surface area contributed by atoms with E-state index in [2.05, 4.69) is 5.43 Å². The minimum absolute atomic E-state index is 0.209. The summed E-state index contributed by atoms with van der Waals surface area (Å²) in [6.45, 7) is 7.04. The lowest BCUT2D eigenvalue weighted by atomic mass is 9.85. The van der Waals surface area contributed by atoms with Crippen molar-refractivity contribution in [2.24, 2.45) is 0 Å². The third kappa shape index (κ3) is 5.36. The molecular weight excluding hydrogens is 479 g/mol. The number of halogens is 1. The fraction of sp³-hybridized carbons (Fsp3) is 0.188. The van der Waals surface area contributed by atoms with Gasteiger partial charge in [0, 0.05) is 12.5 Å². The van der Waals surface area contributed by atoms with Crippen molar-refractivity contribution >= 4 is 11.8 Å². The normalized spacial score (nSPS) is 12.1. The van der Waals surface area contributed by atoms with Crippen molar-refractivity contribution in [1.29, 1.82) is 0 Å². The molecule has 194 valence electrons. The summed E-state index contributed by atoms with van der Waals surface area (Å²) in [4.78, 5) is 27.1. The molecule has 0 saturated carbocycles. The number of nitrogens with one attached hydrogen (secondary N) is 1. The Morgan fingerprint density at radius 2 is 1.21 bits per heavy atom. The number of nitrogens with zero attached hydrogens (tertiary/aromatic N) is 1. The average molecular weight is 511 g/mol. The molecule has 6 heteroatoms. The first kappa shape index (κ1) is 26.8. The number of carbonyl (C=O) groups excluding carboxylic acids is 2. The van der Waals surface area contributed by atoms with Crippen LogP contribution in [0.4, 0.5) is 4.39 Å². The summed E-state index contributed by atoms with van der Waals surface area (Å²) in [6, 6.07) is 26.4. The Morgan fingerprint density at radius 3 is 1.66 bits per heavy atom. The molecule has 0 aliphatic carbocycles. The molecule has 1 atom stereocenters. The van der Waals surface area contributed by atoms with Crippen molar-refractivity contribution in [2.45, 2.75) is 39.3 Å². The number of hydrogen-bond donors (Lipinski definition) is 2. The molecule has 0 fully saturated rings. The Morgan fingerprint density at radius 1 is 0.763 bits per heavy atom. The Bertz CT molecular complexity index is 1390. The van der Waals surface area contributed by atoms with E-state index in [0.717, 1.165) is 21.7 Å². The van der Waals surface area contributed by atoms with Gasteiger partial charge in [-0.05, 0) is 43.5 Å². The van der Waals surface area contributed by atoms with Gasteiger partial charge in [0.05, 0.1) is 0 Å². The van der Waals surface area contributed by atoms with Crippen LogP contribution in [0.3, 0.4) is 0 Å². The minimum atomic E-state index is -2.12. The highest BCUT2D eigenvalue weighted by atomic mass is 19.1. The molecular formula is C32H31FN2O3. The highest BCUT2D eigenvalue weighted by Gasteiger charge is 2.42. The third-order valence-corrected chi connectivity index (χ3v) is 6.68. The molecule has 0 heterocycles. The number of amides is 2. The van der Waals surface area contributed by atoms with Crippen LogP contribution >= 0.6 is 0 Å². The SMILES string of the molecule is CC(=O)N(NC(=O)C(O)(c1ccc(C)cc1)c1ccc(C)cc1)[C@H](c1ccc(C)cc1)c1ccccc1F. The van der Waals surface area contributed by atoms with Crippen LogP contribution in [0.5, 0.6) is 0 Å². The Hall–Kier alpha value is -4.29. The molecule has 0 bridgehead atoms. The Kier molecular flexibility index (Phi) is 7.74. The standard InChI is InChI=1S/C32H31FN2O3/c1-21-9-15-25(16-10-21)30(28-7-5-6-8-29(28)33)35(24(4)36)34-31(37)32(38,26-17-11-22(2)12-18-26)27-19-13-23(3)14-20-27/h5-20,30,38H,1-4H3,(H,34,37)/t30-/m1/s1. The van der Waals surface area contributed by atoms with E-state index < -0.39 is 29.3 Å². The number of rotatable bonds is 6. The van der Waals surface area contributed by atoms with E-state index in [-0.39, 0.29) is 5.56 Å². The molecule has 0 aliphatic rings. The van der Waals surface area contributed by atoms with E-state index >= 15 is 4.39 Å². The monoisotopic (exact) mass is 510 g/mol. The number of hydrogen-bond acceptors (Lipinski definition) is 3. The van der Waals surface area contributed by atoms with Crippen LogP contribution in [0.2, 0.25) is 0 Å². The van der Waals surface area contributed by atoms with E-state index in [1.54, 1.807) is 78.9 Å². The van der Waals surface area contributed by atoms with Gasteiger partial charge in [-0.2, -0.15) is 0 Å². The third-order valence-electron chi connectivity index (χ3n) is 6.68. The number of hydrazine groups is 1. The van der Waals surface area contributed by atoms with Crippen molar-refractivity contribution in [3.8, 4) is 0 Å². The maximum atomic E-state index is 15.1. The van der Waals surface area contributed by atoms with E-state index in [0.29, 0.717) is 16.7 Å². The lowest BCUT2D eigenvalue weighted by molar-refractivity contribution is -0.150. The van der Waals surface area contributed by atoms with Crippen molar-refractivity contribution < 1.29 is 19.1 Å². The van der Waals surface area contributed by atoms with Crippen LogP contribution < -0.4 is 5.43 Å². The summed E-state index contributed by atoms with van der Waals surface area (Å²) in [5, 5.41) is 13.1. The summed E-state index contributed by atoms with van der Waals surface area (Å²) in [5.41, 5.74) is 4.93. The van der Waals surface area contributed by atoms with Gasteiger partial charge >= 0.3 is 0 Å². The van der Waals surface area contributed by atoms with E-state index in [1.807, 2.05) is 32.9 Å². The number of carbonyl (C=O) groups is 2. The Labute approximate surface area is 222 Å². The second kappa shape index (κ2) is 11.0. The van der Waals surface area contributed by atoms with Crippen molar-refractivity contribution in [1.82, 2.24) is 10.4 Å². The zero-order chi connectivity index (χ0) is 27.4. The second-order valence-corrected chi connectivity index (χ2v) is 9.61. The van der Waals surface area contributed by atoms with E-state index in [1.165, 1.54) is 13.0 Å². The predicted octanol–water partition coefficient (Wildman–Crippen LogP) is 5.66. The largest absolute Gasteiger partial charge is 0.372 e. The van der Waals surface area contributed by atoms with Crippen molar-refractivity contribution in [3.63, 3.8) is 0 Å². The van der Waals surface area contributed by atoms with Gasteiger partial charge in [0.2, 0.25) is 5.91 Å². The number of aryl methyl sites for hydroxylation is 3. The second-order valence-electron chi connectivity index (χ2n) is 9.61. The molecule has 0 aromatic heterocycles. The van der Waals surface area contributed by atoms with E-state index in [9.17, 15) is 14.7 Å². The van der Waals surface area contributed by atoms with E-state index in [4.69, 9.17) is 0 Å². The number of aliphatic hydroxyl groups is 1. The van der Waals surface area contributed by atoms with Crippen LogP contribution in [-0.2, 0) is 15.2 Å². The minimum Gasteiger partial charge on any atom is -0.372 e. The highest BCUT2D eigenvalue weighted by molar-refractivity contribution is 5.91. The molecule has 0 spiro atoms. The van der Waals surface area contributed by atoms with Crippen LogP contribution in [0, 0.1) is 26.6 Å². The van der Waals surface area contributed by atoms with Gasteiger partial charge in [-0.25, -0.2) is 9.40 Å². The maximum Gasteiger partial charge on any atom is 0.279 e. The van der Waals surface area contributed by atoms with Crippen LogP contribution in [0.15, 0.2) is 97.1 Å². The molecule has 5 nitrogen and oxygen atoms in total. The molecule has 0 unspecified atom stereocenters. The Balaban J connectivity index is 1.83. The molecule has 4 aromatic rings. The van der Waals surface area contributed by atoms with Crippen molar-refractivity contribution in [2.75, 3.05) is 0 Å². The fourth-order valence-corrected chi connectivity index (χ4v) is 4.45. The van der Waals surface area contributed by atoms with Gasteiger partial charge < -0.3 is 5.11 Å². The van der Waals surface area contributed by atoms with Gasteiger partial charge in [0.15, 0.2) is 5.60 Å². The zero-order valence-electron chi connectivity index (χ0n) is 21.9. The summed E-state index contributed by atoms with van der Waals surface area (Å²) in [7, 11) is 0. The molecule has 0 aliphatic heterocycles. The first-order valence-electron chi connectivity index (χ1n) is 12.4. The van der Waals surface area contributed by atoms with Gasteiger partial charge in [-0.15, -0.1) is 0 Å². The average Bonchev–Trinajstić information content (AvgIpc) is 2.90. The molecule has 2 N–H and O–H groups in total. The summed E-state index contributed by atoms with van der Waals surface area (Å²) < 4.78 is 15.1. The number of benzene rings is 4. The summed E-state index contributed by atoms with van der Waals surface area (Å²) in [6.07, 6.45) is 0. The summed E-state index contributed by atoms with van der Waals surface area (Å²) >= 11 is 0. The van der Waals surface area contributed by atoms with Gasteiger partial charge in [-0.3, -0.25) is 15.0 Å². The molecule has 2 amide bonds. The van der Waals surface area contributed by atoms with Crippen LogP contribution in [-0.4, -0.2) is 21.9 Å². The quantitative estimate of drug-likeness (QED) is 0.329. The topological polar surface area (TPSA) is 69.6 Å². The zero-order valence-corrected chi connectivity index (χ0v) is 21.9. The molecule has 0 saturated heterocycles. The van der Waals surface area contributed by atoms with Crippen LogP contribution in [0.25, 0.3) is 0 Å². The summed E-state index contributed by atoms with van der Waals surface area (Å²) in [5.74, 6) is -1.89. The molecule has 4 rings (SSSR count). The van der Waals surface area contributed by atoms with Crippen molar-refractivity contribution in [3.05, 3.63) is 142 Å². The molecule has 0 radical (unpaired) electrons. The van der Waals surface area contributed by atoms with Crippen LogP contribution in [0.1, 0.15) is 51.9 Å². The lowest BCUT2D eigenvalue weighted by Gasteiger charge is -2.36. The first-order valence-corrected chi connectivity index (χ1v) is 12.4. The smallest absolute Gasteiger partial charge is 0.279 e. The van der Waals surface area contributed by atoms with Gasteiger partial charge in [-0.1, -0.05) is 108 Å². The highest BCUT2D eigenvalue weighted by Crippen LogP contribution is 2.34. The molecule has 4 aromatic carbocycles. The predicted molar refractivity (Wildman–Crippen MR) is 145 cm³/mol. The lowest BCUT2D eigenvalue weighted by Crippen LogP contribution is -2.55. The van der Waals surface area contributed by atoms with Gasteiger partial charge in [0.25, 0.3) is 5.91 Å². The van der Waals surface area contributed by atoms with Gasteiger partial charge in [0.1, 0.15) is 11.9 Å². The fourth-order valence-electron chi connectivity index (χ4n) is 4.45. The molecule has 38 heavy (non-hydrogen) atoms. The first-order chi connectivity index (χ1) is 18.1. The maximum absolute atomic E-state index is 15.1.